The molecule has 1 aromatic carbocycles. The molecule has 0 fully saturated rings. The molecule has 19 heavy (non-hydrogen) atoms. The van der Waals surface area contributed by atoms with Gasteiger partial charge in [0.15, 0.2) is 0 Å². The number of alkyl halides is 3. The van der Waals surface area contributed by atoms with Crippen LogP contribution >= 0.6 is 0 Å². The lowest BCUT2D eigenvalue weighted by molar-refractivity contribution is -0.137. The van der Waals surface area contributed by atoms with Crippen LogP contribution in [0.1, 0.15) is 23.6 Å². The molecule has 1 unspecified atom stereocenters. The van der Waals surface area contributed by atoms with Crippen molar-refractivity contribution in [1.29, 1.82) is 0 Å². The Hall–Kier alpha value is -1.32. The molecular formula is C10H11F3N2O3S. The first-order chi connectivity index (χ1) is 8.67. The molecule has 1 aromatic rings. The number of hydrogen-bond acceptors (Lipinski definition) is 3. The summed E-state index contributed by atoms with van der Waals surface area (Å²) < 4.78 is 66.9. The lowest BCUT2D eigenvalue weighted by Crippen LogP contribution is -2.36. The van der Waals surface area contributed by atoms with Crippen molar-refractivity contribution in [2.75, 3.05) is 6.61 Å². The monoisotopic (exact) mass is 296 g/mol. The van der Waals surface area contributed by atoms with E-state index in [2.05, 4.69) is 4.72 Å². The van der Waals surface area contributed by atoms with E-state index in [1.54, 1.807) is 0 Å². The highest BCUT2D eigenvalue weighted by atomic mass is 32.2. The van der Waals surface area contributed by atoms with Gasteiger partial charge in [-0.3, -0.25) is 0 Å². The van der Waals surface area contributed by atoms with E-state index in [0.717, 1.165) is 12.1 Å². The molecule has 0 amide bonds. The van der Waals surface area contributed by atoms with E-state index in [0.29, 0.717) is 12.0 Å². The Balaban J connectivity index is 2.36. The summed E-state index contributed by atoms with van der Waals surface area (Å²) in [4.78, 5) is 0. The van der Waals surface area contributed by atoms with E-state index in [4.69, 9.17) is 9.88 Å². The summed E-state index contributed by atoms with van der Waals surface area (Å²) in [7, 11) is -3.93. The Labute approximate surface area is 107 Å². The highest BCUT2D eigenvalue weighted by Gasteiger charge is 2.33. The minimum Gasteiger partial charge on any atom is -0.493 e. The highest BCUT2D eigenvalue weighted by Crippen LogP contribution is 2.37. The first-order valence-electron chi connectivity index (χ1n) is 5.31. The van der Waals surface area contributed by atoms with Crippen molar-refractivity contribution < 1.29 is 26.3 Å². The van der Waals surface area contributed by atoms with Gasteiger partial charge in [0.1, 0.15) is 5.75 Å². The molecule has 9 heteroatoms. The van der Waals surface area contributed by atoms with E-state index in [-0.39, 0.29) is 12.4 Å². The number of nitrogens with two attached hydrogens (primary N) is 1. The van der Waals surface area contributed by atoms with Crippen LogP contribution in [-0.4, -0.2) is 15.0 Å². The summed E-state index contributed by atoms with van der Waals surface area (Å²) in [6, 6.07) is 2.25. The first-order valence-corrected chi connectivity index (χ1v) is 6.85. The van der Waals surface area contributed by atoms with Crippen LogP contribution in [-0.2, 0) is 16.4 Å². The third-order valence-electron chi connectivity index (χ3n) is 2.69. The van der Waals surface area contributed by atoms with Crippen LogP contribution in [0.25, 0.3) is 0 Å². The van der Waals surface area contributed by atoms with E-state index in [1.165, 1.54) is 6.07 Å². The van der Waals surface area contributed by atoms with Gasteiger partial charge in [0.05, 0.1) is 18.2 Å². The average molecular weight is 296 g/mol. The first kappa shape index (κ1) is 14.1. The Morgan fingerprint density at radius 2 is 2.05 bits per heavy atom. The summed E-state index contributed by atoms with van der Waals surface area (Å²) >= 11 is 0. The van der Waals surface area contributed by atoms with Crippen LogP contribution < -0.4 is 14.6 Å². The fraction of sp³-hybridized carbons (Fsp3) is 0.400. The fourth-order valence-corrected chi connectivity index (χ4v) is 2.53. The molecule has 1 aliphatic rings. The van der Waals surface area contributed by atoms with Gasteiger partial charge in [-0.1, -0.05) is 6.07 Å². The normalized spacial score (nSPS) is 19.7. The Bertz CT molecular complexity index is 586. The number of nitrogens with one attached hydrogen (secondary N) is 1. The number of fused-ring (bicyclic) bond motifs is 1. The summed E-state index contributed by atoms with van der Waals surface area (Å²) in [6.07, 6.45) is -4.17. The largest absolute Gasteiger partial charge is 0.493 e. The number of hydrogen-bond donors (Lipinski definition) is 2. The molecule has 0 saturated carbocycles. The van der Waals surface area contributed by atoms with E-state index in [9.17, 15) is 21.6 Å². The zero-order chi connectivity index (χ0) is 14.3. The number of halogens is 3. The van der Waals surface area contributed by atoms with Crippen molar-refractivity contribution in [2.24, 2.45) is 5.14 Å². The predicted molar refractivity (Wildman–Crippen MR) is 60.5 cm³/mol. The maximum Gasteiger partial charge on any atom is 0.416 e. The van der Waals surface area contributed by atoms with Gasteiger partial charge in [0, 0.05) is 12.0 Å². The van der Waals surface area contributed by atoms with Gasteiger partial charge in [0.25, 0.3) is 10.2 Å². The maximum absolute atomic E-state index is 12.5. The molecule has 0 bridgehead atoms. The quantitative estimate of drug-likeness (QED) is 0.863. The smallest absolute Gasteiger partial charge is 0.416 e. The van der Waals surface area contributed by atoms with Crippen LogP contribution in [0.4, 0.5) is 13.2 Å². The molecule has 0 saturated heterocycles. The third kappa shape index (κ3) is 3.37. The molecule has 1 atom stereocenters. The molecule has 0 aliphatic carbocycles. The summed E-state index contributed by atoms with van der Waals surface area (Å²) in [5.41, 5.74) is -0.504. The Morgan fingerprint density at radius 3 is 2.63 bits per heavy atom. The van der Waals surface area contributed by atoms with Crippen LogP contribution in [0.3, 0.4) is 0 Å². The molecular weight excluding hydrogens is 285 g/mol. The molecule has 0 radical (unpaired) electrons. The maximum atomic E-state index is 12.5. The van der Waals surface area contributed by atoms with Crippen LogP contribution in [0, 0.1) is 0 Å². The topological polar surface area (TPSA) is 81.4 Å². The van der Waals surface area contributed by atoms with Crippen LogP contribution in [0.15, 0.2) is 18.2 Å². The highest BCUT2D eigenvalue weighted by molar-refractivity contribution is 7.87. The van der Waals surface area contributed by atoms with Gasteiger partial charge in [-0.25, -0.2) is 5.14 Å². The molecule has 2 rings (SSSR count). The number of rotatable bonds is 2. The molecule has 1 aliphatic heterocycles. The minimum atomic E-state index is -4.47. The minimum absolute atomic E-state index is 0.0159. The zero-order valence-corrected chi connectivity index (χ0v) is 10.4. The van der Waals surface area contributed by atoms with Gasteiger partial charge < -0.3 is 4.74 Å². The molecule has 5 nitrogen and oxygen atoms in total. The standard InChI is InChI=1S/C10H11F3N2O3S/c11-10(12,13)6-1-2-7-8(15-19(14,16)17)3-4-18-9(7)5-6/h1-2,5,8,15H,3-4H2,(H2,14,16,17). The zero-order valence-electron chi connectivity index (χ0n) is 9.57. The number of benzene rings is 1. The molecule has 106 valence electrons. The van der Waals surface area contributed by atoms with Crippen molar-refractivity contribution in [3.8, 4) is 5.75 Å². The van der Waals surface area contributed by atoms with Gasteiger partial charge >= 0.3 is 6.18 Å². The van der Waals surface area contributed by atoms with E-state index >= 15 is 0 Å². The predicted octanol–water partition coefficient (Wildman–Crippen LogP) is 1.32. The van der Waals surface area contributed by atoms with E-state index in [1.807, 2.05) is 0 Å². The third-order valence-corrected chi connectivity index (χ3v) is 3.30. The molecule has 0 aromatic heterocycles. The van der Waals surface area contributed by atoms with Crippen LogP contribution in [0.2, 0.25) is 0 Å². The van der Waals surface area contributed by atoms with Gasteiger partial charge in [0.2, 0.25) is 0 Å². The van der Waals surface area contributed by atoms with Crippen molar-refractivity contribution in [1.82, 2.24) is 4.72 Å². The summed E-state index contributed by atoms with van der Waals surface area (Å²) in [6.45, 7) is 0.113. The van der Waals surface area contributed by atoms with Gasteiger partial charge in [-0.15, -0.1) is 0 Å². The van der Waals surface area contributed by atoms with Gasteiger partial charge in [-0.2, -0.15) is 26.3 Å². The summed E-state index contributed by atoms with van der Waals surface area (Å²) in [5.74, 6) is 0.0159. The molecule has 3 N–H and O–H groups in total. The lowest BCUT2D eigenvalue weighted by Gasteiger charge is -2.26. The van der Waals surface area contributed by atoms with Crippen molar-refractivity contribution in [3.63, 3.8) is 0 Å². The van der Waals surface area contributed by atoms with Crippen LogP contribution in [0.5, 0.6) is 5.75 Å². The van der Waals surface area contributed by atoms with Crippen molar-refractivity contribution in [2.45, 2.75) is 18.6 Å². The SMILES string of the molecule is NS(=O)(=O)NC1CCOc2cc(C(F)(F)F)ccc21. The number of ether oxygens (including phenoxy) is 1. The second-order valence-electron chi connectivity index (χ2n) is 4.10. The Morgan fingerprint density at radius 1 is 1.37 bits per heavy atom. The fourth-order valence-electron chi connectivity index (χ4n) is 1.89. The summed E-state index contributed by atoms with van der Waals surface area (Å²) in [5, 5.41) is 4.86. The van der Waals surface area contributed by atoms with Crippen molar-refractivity contribution in [3.05, 3.63) is 29.3 Å². The Kier molecular flexibility index (Phi) is 3.45. The van der Waals surface area contributed by atoms with Gasteiger partial charge in [-0.05, 0) is 12.1 Å². The lowest BCUT2D eigenvalue weighted by atomic mass is 9.99. The average Bonchev–Trinajstić information content (AvgIpc) is 2.25. The molecule has 0 spiro atoms. The van der Waals surface area contributed by atoms with Crippen molar-refractivity contribution >= 4 is 10.2 Å². The molecule has 1 heterocycles. The second-order valence-corrected chi connectivity index (χ2v) is 5.43. The van der Waals surface area contributed by atoms with E-state index < -0.39 is 28.0 Å². The second kappa shape index (κ2) is 4.66.